The molecule has 0 bridgehead atoms. The first-order valence-electron chi connectivity index (χ1n) is 5.16. The molecule has 0 unspecified atom stereocenters. The van der Waals surface area contributed by atoms with Crippen LogP contribution in [-0.2, 0) is 24.5 Å². The standard InChI is InChI=1S/C12H9F2O2PS2/c13-9-1-5-11(6-2-9)15-17(18,19)16-12-7-3-10(14)4-8-12/h1-8H,(H,18,19)/p-1. The van der Waals surface area contributed by atoms with Gasteiger partial charge in [-0.3, -0.25) is 0 Å². The summed E-state index contributed by atoms with van der Waals surface area (Å²) in [6.07, 6.45) is -2.99. The maximum absolute atomic E-state index is 12.7. The van der Waals surface area contributed by atoms with Crippen molar-refractivity contribution in [1.82, 2.24) is 0 Å². The third-order valence-corrected chi connectivity index (χ3v) is 3.82. The molecule has 2 aromatic rings. The molecule has 0 atom stereocenters. The van der Waals surface area contributed by atoms with Gasteiger partial charge in [-0.1, -0.05) is 0 Å². The van der Waals surface area contributed by atoms with E-state index < -0.39 is 6.12 Å². The van der Waals surface area contributed by atoms with Gasteiger partial charge in [0, 0.05) is 0 Å². The molecule has 0 spiro atoms. The monoisotopic (exact) mass is 317 g/mol. The van der Waals surface area contributed by atoms with E-state index in [-0.39, 0.29) is 11.6 Å². The Morgan fingerprint density at radius 3 is 1.32 bits per heavy atom. The van der Waals surface area contributed by atoms with Crippen molar-refractivity contribution in [3.8, 4) is 11.5 Å². The van der Waals surface area contributed by atoms with Crippen LogP contribution in [0.4, 0.5) is 8.78 Å². The second-order valence-electron chi connectivity index (χ2n) is 3.54. The minimum Gasteiger partial charge on any atom is -0.496 e. The van der Waals surface area contributed by atoms with Crippen LogP contribution in [0.25, 0.3) is 0 Å². The van der Waals surface area contributed by atoms with E-state index in [4.69, 9.17) is 33.5 Å². The summed E-state index contributed by atoms with van der Waals surface area (Å²) >= 11 is 10.1. The summed E-state index contributed by atoms with van der Waals surface area (Å²) in [5.74, 6) is -0.0994. The third-order valence-electron chi connectivity index (χ3n) is 2.06. The Balaban J connectivity index is 2.05. The van der Waals surface area contributed by atoms with Gasteiger partial charge >= 0.3 is 0 Å². The number of halogens is 2. The average Bonchev–Trinajstić information content (AvgIpc) is 2.34. The van der Waals surface area contributed by atoms with Gasteiger partial charge in [-0.2, -0.15) is 0 Å². The zero-order valence-electron chi connectivity index (χ0n) is 9.45. The van der Waals surface area contributed by atoms with E-state index >= 15 is 0 Å². The van der Waals surface area contributed by atoms with Crippen LogP contribution >= 0.6 is 6.12 Å². The fourth-order valence-electron chi connectivity index (χ4n) is 1.27. The Bertz CT molecular complexity index is 497. The Hall–Kier alpha value is -0.970. The molecule has 7 heteroatoms. The first-order valence-corrected chi connectivity index (χ1v) is 8.81. The van der Waals surface area contributed by atoms with E-state index in [1.165, 1.54) is 48.5 Å². The Morgan fingerprint density at radius 1 is 0.684 bits per heavy atom. The minimum absolute atomic E-state index is 0.335. The molecule has 2 nitrogen and oxygen atoms in total. The van der Waals surface area contributed by atoms with Gasteiger partial charge in [0.25, 0.3) is 0 Å². The lowest BCUT2D eigenvalue weighted by Gasteiger charge is -2.34. The predicted octanol–water partition coefficient (Wildman–Crippen LogP) is 4.19. The topological polar surface area (TPSA) is 18.5 Å². The van der Waals surface area contributed by atoms with Crippen molar-refractivity contribution in [2.45, 2.75) is 0 Å². The highest BCUT2D eigenvalue weighted by Gasteiger charge is 2.14. The molecule has 100 valence electrons. The highest BCUT2D eigenvalue weighted by molar-refractivity contribution is 8.70. The average molecular weight is 317 g/mol. The molecule has 0 aliphatic carbocycles. The van der Waals surface area contributed by atoms with E-state index in [2.05, 4.69) is 0 Å². The van der Waals surface area contributed by atoms with Crippen molar-refractivity contribution in [3.63, 3.8) is 0 Å². The van der Waals surface area contributed by atoms with Crippen LogP contribution in [0.1, 0.15) is 0 Å². The SMILES string of the molecule is Fc1ccc(O[P+]([S-])([S-])Oc2ccc(F)cc2)cc1. The molecule has 0 aromatic heterocycles. The van der Waals surface area contributed by atoms with Crippen LogP contribution in [-0.4, -0.2) is 0 Å². The van der Waals surface area contributed by atoms with Crippen molar-refractivity contribution in [1.29, 1.82) is 0 Å². The molecule has 0 saturated heterocycles. The molecule has 0 saturated carbocycles. The summed E-state index contributed by atoms with van der Waals surface area (Å²) < 4.78 is 36.2. The van der Waals surface area contributed by atoms with Gasteiger partial charge in [0.15, 0.2) is 11.5 Å². The normalized spacial score (nSPS) is 11.2. The van der Waals surface area contributed by atoms with Gasteiger partial charge in [0.2, 0.25) is 0 Å². The molecule has 2 rings (SSSR count). The second kappa shape index (κ2) is 5.99. The van der Waals surface area contributed by atoms with Crippen molar-refractivity contribution >= 4 is 30.6 Å². The smallest absolute Gasteiger partial charge is 0.173 e. The van der Waals surface area contributed by atoms with Crippen LogP contribution in [0.2, 0.25) is 0 Å². The molecule has 0 N–H and O–H groups in total. The lowest BCUT2D eigenvalue weighted by Crippen LogP contribution is -2.03. The number of hydrogen-bond acceptors (Lipinski definition) is 4. The zero-order valence-corrected chi connectivity index (χ0v) is 12.0. The second-order valence-corrected chi connectivity index (χ2v) is 8.37. The first-order chi connectivity index (χ1) is 8.94. The van der Waals surface area contributed by atoms with Gasteiger partial charge in [-0.25, -0.2) is 8.78 Å². The van der Waals surface area contributed by atoms with Gasteiger partial charge in [0.1, 0.15) is 17.8 Å². The summed E-state index contributed by atoms with van der Waals surface area (Å²) in [5, 5.41) is 0. The fourth-order valence-corrected chi connectivity index (χ4v) is 3.10. The summed E-state index contributed by atoms with van der Waals surface area (Å²) in [5.41, 5.74) is 0. The van der Waals surface area contributed by atoms with Gasteiger partial charge in [-0.05, 0) is 48.5 Å². The Labute approximate surface area is 120 Å². The summed E-state index contributed by atoms with van der Waals surface area (Å²) in [6, 6.07) is 10.6. The molecule has 0 amide bonds. The van der Waals surface area contributed by atoms with Gasteiger partial charge in [-0.15, -0.1) is 0 Å². The number of hydrogen-bond donors (Lipinski definition) is 0. The van der Waals surface area contributed by atoms with Crippen LogP contribution in [0.15, 0.2) is 48.5 Å². The molecule has 0 radical (unpaired) electrons. The van der Waals surface area contributed by atoms with E-state index in [1.807, 2.05) is 0 Å². The van der Waals surface area contributed by atoms with Crippen LogP contribution in [0.5, 0.6) is 11.5 Å². The minimum atomic E-state index is -2.99. The Morgan fingerprint density at radius 2 is 1.00 bits per heavy atom. The zero-order chi connectivity index (χ0) is 13.9. The van der Waals surface area contributed by atoms with Crippen LogP contribution in [0, 0.1) is 11.6 Å². The molecule has 0 heterocycles. The van der Waals surface area contributed by atoms with Gasteiger partial charge in [0.05, 0.1) is 0 Å². The molecule has 0 fully saturated rings. The van der Waals surface area contributed by atoms with Crippen LogP contribution < -0.4 is 9.05 Å². The van der Waals surface area contributed by atoms with Crippen LogP contribution in [0.3, 0.4) is 0 Å². The van der Waals surface area contributed by atoms with E-state index in [0.717, 1.165) is 0 Å². The molecule has 19 heavy (non-hydrogen) atoms. The maximum atomic E-state index is 12.7. The molecule has 0 aliphatic rings. The van der Waals surface area contributed by atoms with Crippen molar-refractivity contribution in [2.75, 3.05) is 0 Å². The first kappa shape index (κ1) is 14.4. The highest BCUT2D eigenvalue weighted by Crippen LogP contribution is 2.55. The molecule has 2 aromatic carbocycles. The molecular weight excluding hydrogens is 309 g/mol. The van der Waals surface area contributed by atoms with Crippen molar-refractivity contribution < 1.29 is 17.8 Å². The van der Waals surface area contributed by atoms with Crippen molar-refractivity contribution in [3.05, 3.63) is 60.2 Å². The largest absolute Gasteiger partial charge is 0.496 e. The van der Waals surface area contributed by atoms with Crippen molar-refractivity contribution in [2.24, 2.45) is 0 Å². The Kier molecular flexibility index (Phi) is 4.55. The van der Waals surface area contributed by atoms with E-state index in [0.29, 0.717) is 11.5 Å². The van der Waals surface area contributed by atoms with E-state index in [1.54, 1.807) is 0 Å². The maximum Gasteiger partial charge on any atom is 0.173 e. The third kappa shape index (κ3) is 4.56. The highest BCUT2D eigenvalue weighted by atomic mass is 33.1. The molecular formula is C12H8F2O2PS2-. The number of rotatable bonds is 4. The summed E-state index contributed by atoms with van der Waals surface area (Å²) in [7, 11) is 0. The molecule has 0 aliphatic heterocycles. The fraction of sp³-hybridized carbons (Fsp3) is 0. The summed E-state index contributed by atoms with van der Waals surface area (Å²) in [6.45, 7) is 0. The van der Waals surface area contributed by atoms with Gasteiger partial charge < -0.3 is 33.5 Å². The quantitative estimate of drug-likeness (QED) is 0.621. The number of benzene rings is 2. The summed E-state index contributed by atoms with van der Waals surface area (Å²) in [4.78, 5) is 0. The predicted molar refractivity (Wildman–Crippen MR) is 75.7 cm³/mol. The van der Waals surface area contributed by atoms with E-state index in [9.17, 15) is 8.78 Å². The lowest BCUT2D eigenvalue weighted by molar-refractivity contribution is 0.500. The lowest BCUT2D eigenvalue weighted by atomic mass is 10.3.